The van der Waals surface area contributed by atoms with Gasteiger partial charge in [-0.15, -0.1) is 0 Å². The van der Waals surface area contributed by atoms with E-state index in [1.807, 2.05) is 4.57 Å². The van der Waals surface area contributed by atoms with Crippen LogP contribution in [0.15, 0.2) is 10.9 Å². The van der Waals surface area contributed by atoms with E-state index in [0.29, 0.717) is 12.5 Å². The third-order valence-electron chi connectivity index (χ3n) is 6.13. The van der Waals surface area contributed by atoms with Crippen LogP contribution in [0.1, 0.15) is 79.4 Å². The second-order valence-corrected chi connectivity index (χ2v) is 8.12. The molecule has 1 saturated carbocycles. The van der Waals surface area contributed by atoms with Gasteiger partial charge in [0.05, 0.1) is 7.11 Å². The third kappa shape index (κ3) is 5.03. The lowest BCUT2D eigenvalue weighted by atomic mass is 9.88. The first kappa shape index (κ1) is 20.6. The zero-order valence-corrected chi connectivity index (χ0v) is 16.9. The summed E-state index contributed by atoms with van der Waals surface area (Å²) in [6, 6.07) is 1.77. The summed E-state index contributed by atoms with van der Waals surface area (Å²) in [6.45, 7) is 0.480. The van der Waals surface area contributed by atoms with E-state index in [9.17, 15) is 14.4 Å². The van der Waals surface area contributed by atoms with Crippen LogP contribution in [0.3, 0.4) is 0 Å². The molecule has 0 aliphatic heterocycles. The normalized spacial score (nSPS) is 17.9. The molecule has 0 saturated heterocycles. The van der Waals surface area contributed by atoms with E-state index in [0.717, 1.165) is 49.8 Å². The standard InChI is InChI=1S/C22H32N2O4/c1-28-20(25)14-23-21(26)18-13-17-11-7-2-3-8-12-19(17)24(22(18)27)15-16-9-5-4-6-10-16/h13,16H,2-12,14-15H2,1H3,(H,23,26). The van der Waals surface area contributed by atoms with Crippen LogP contribution >= 0.6 is 0 Å². The Bertz CT molecular complexity index is 763. The smallest absolute Gasteiger partial charge is 0.325 e. The number of nitrogens with zero attached hydrogens (tertiary/aromatic N) is 1. The van der Waals surface area contributed by atoms with Crippen molar-refractivity contribution in [3.8, 4) is 0 Å². The van der Waals surface area contributed by atoms with E-state index in [1.165, 1.54) is 39.2 Å². The van der Waals surface area contributed by atoms with Gasteiger partial charge in [-0.1, -0.05) is 32.1 Å². The molecule has 0 bridgehead atoms. The summed E-state index contributed by atoms with van der Waals surface area (Å²) in [4.78, 5) is 37.3. The number of carbonyl (C=O) groups excluding carboxylic acids is 2. The Labute approximate surface area is 166 Å². The quantitative estimate of drug-likeness (QED) is 0.787. The maximum absolute atomic E-state index is 13.3. The molecule has 1 aromatic heterocycles. The third-order valence-corrected chi connectivity index (χ3v) is 6.13. The molecule has 6 heteroatoms. The van der Waals surface area contributed by atoms with Crippen LogP contribution in [0.5, 0.6) is 0 Å². The first-order valence-corrected chi connectivity index (χ1v) is 10.7. The maximum atomic E-state index is 13.3. The van der Waals surface area contributed by atoms with Crippen molar-refractivity contribution < 1.29 is 14.3 Å². The number of amides is 1. The minimum atomic E-state index is -0.526. The minimum Gasteiger partial charge on any atom is -0.468 e. The molecule has 3 rings (SSSR count). The number of rotatable bonds is 5. The first-order chi connectivity index (χ1) is 13.6. The molecule has 2 aliphatic carbocycles. The highest BCUT2D eigenvalue weighted by atomic mass is 16.5. The molecule has 1 N–H and O–H groups in total. The summed E-state index contributed by atoms with van der Waals surface area (Å²) < 4.78 is 6.47. The van der Waals surface area contributed by atoms with Gasteiger partial charge in [0.15, 0.2) is 0 Å². The van der Waals surface area contributed by atoms with Gasteiger partial charge in [-0.25, -0.2) is 0 Å². The average Bonchev–Trinajstić information content (AvgIpc) is 2.69. The number of hydrogen-bond acceptors (Lipinski definition) is 4. The average molecular weight is 389 g/mol. The van der Waals surface area contributed by atoms with E-state index in [1.54, 1.807) is 6.07 Å². The first-order valence-electron chi connectivity index (χ1n) is 10.7. The summed E-state index contributed by atoms with van der Waals surface area (Å²) in [6.07, 6.45) is 12.4. The number of fused-ring (bicyclic) bond motifs is 1. The molecule has 0 radical (unpaired) electrons. The molecule has 2 aliphatic rings. The van der Waals surface area contributed by atoms with Crippen LogP contribution < -0.4 is 10.9 Å². The van der Waals surface area contributed by atoms with Crippen molar-refractivity contribution in [3.63, 3.8) is 0 Å². The second kappa shape index (κ2) is 9.89. The highest BCUT2D eigenvalue weighted by molar-refractivity contribution is 5.95. The molecule has 0 spiro atoms. The Morgan fingerprint density at radius 3 is 2.46 bits per heavy atom. The van der Waals surface area contributed by atoms with Crippen molar-refractivity contribution in [1.82, 2.24) is 9.88 Å². The summed E-state index contributed by atoms with van der Waals surface area (Å²) in [7, 11) is 1.27. The van der Waals surface area contributed by atoms with E-state index in [4.69, 9.17) is 0 Å². The zero-order chi connectivity index (χ0) is 19.9. The maximum Gasteiger partial charge on any atom is 0.325 e. The zero-order valence-electron chi connectivity index (χ0n) is 16.9. The van der Waals surface area contributed by atoms with Crippen LogP contribution in [0, 0.1) is 5.92 Å². The fraction of sp³-hybridized carbons (Fsp3) is 0.682. The summed E-state index contributed by atoms with van der Waals surface area (Å²) in [5, 5.41) is 2.53. The lowest BCUT2D eigenvalue weighted by molar-refractivity contribution is -0.139. The van der Waals surface area contributed by atoms with Crippen LogP contribution in [0.25, 0.3) is 0 Å². The minimum absolute atomic E-state index is 0.152. The van der Waals surface area contributed by atoms with Crippen molar-refractivity contribution in [3.05, 3.63) is 33.2 Å². The van der Waals surface area contributed by atoms with Gasteiger partial charge in [0, 0.05) is 12.2 Å². The molecular weight excluding hydrogens is 356 g/mol. The summed E-state index contributed by atoms with van der Waals surface area (Å²) in [5.41, 5.74) is 2.18. The molecular formula is C22H32N2O4. The molecule has 1 amide bonds. The lowest BCUT2D eigenvalue weighted by Crippen LogP contribution is -2.38. The van der Waals surface area contributed by atoms with E-state index < -0.39 is 11.9 Å². The Morgan fingerprint density at radius 2 is 1.75 bits per heavy atom. The molecule has 1 fully saturated rings. The van der Waals surface area contributed by atoms with E-state index in [-0.39, 0.29) is 17.7 Å². The predicted octanol–water partition coefficient (Wildman–Crippen LogP) is 2.99. The number of aryl methyl sites for hydroxylation is 1. The largest absolute Gasteiger partial charge is 0.468 e. The summed E-state index contributed by atoms with van der Waals surface area (Å²) in [5.74, 6) is -0.505. The van der Waals surface area contributed by atoms with Crippen LogP contribution in [0.2, 0.25) is 0 Å². The molecule has 0 atom stereocenters. The van der Waals surface area contributed by atoms with Gasteiger partial charge in [0.2, 0.25) is 0 Å². The highest BCUT2D eigenvalue weighted by Gasteiger charge is 2.23. The molecule has 1 heterocycles. The van der Waals surface area contributed by atoms with E-state index in [2.05, 4.69) is 10.1 Å². The van der Waals surface area contributed by atoms with E-state index >= 15 is 0 Å². The number of hydrogen-bond donors (Lipinski definition) is 1. The Morgan fingerprint density at radius 1 is 1.07 bits per heavy atom. The number of nitrogens with one attached hydrogen (secondary N) is 1. The monoisotopic (exact) mass is 388 g/mol. The second-order valence-electron chi connectivity index (χ2n) is 8.12. The van der Waals surface area contributed by atoms with Gasteiger partial charge in [0.1, 0.15) is 12.1 Å². The summed E-state index contributed by atoms with van der Waals surface area (Å²) >= 11 is 0. The fourth-order valence-electron chi connectivity index (χ4n) is 4.54. The molecule has 0 aromatic carbocycles. The van der Waals surface area contributed by atoms with Crippen molar-refractivity contribution >= 4 is 11.9 Å². The number of pyridine rings is 1. The Balaban J connectivity index is 1.94. The van der Waals surface area contributed by atoms with Crippen molar-refractivity contribution in [1.29, 1.82) is 0 Å². The lowest BCUT2D eigenvalue weighted by Gasteiger charge is -2.26. The van der Waals surface area contributed by atoms with Gasteiger partial charge in [0.25, 0.3) is 11.5 Å². The van der Waals surface area contributed by atoms with Crippen molar-refractivity contribution in [2.24, 2.45) is 5.92 Å². The molecule has 154 valence electrons. The van der Waals surface area contributed by atoms with Crippen molar-refractivity contribution in [2.75, 3.05) is 13.7 Å². The van der Waals surface area contributed by atoms with Crippen LogP contribution in [-0.4, -0.2) is 30.1 Å². The predicted molar refractivity (Wildman–Crippen MR) is 108 cm³/mol. The van der Waals surface area contributed by atoms with Gasteiger partial charge in [-0.2, -0.15) is 0 Å². The number of aromatic nitrogens is 1. The SMILES string of the molecule is COC(=O)CNC(=O)c1cc2c(n(CC3CCCCC3)c1=O)CCCCCC2. The molecule has 6 nitrogen and oxygen atoms in total. The van der Waals surface area contributed by atoms with Crippen molar-refractivity contribution in [2.45, 2.75) is 77.2 Å². The highest BCUT2D eigenvalue weighted by Crippen LogP contribution is 2.27. The molecule has 1 aromatic rings. The fourth-order valence-corrected chi connectivity index (χ4v) is 4.54. The Kier molecular flexibility index (Phi) is 7.29. The van der Waals surface area contributed by atoms with Gasteiger partial charge >= 0.3 is 5.97 Å². The number of ether oxygens (including phenoxy) is 1. The number of methoxy groups -OCH3 is 1. The molecule has 0 unspecified atom stereocenters. The molecule has 28 heavy (non-hydrogen) atoms. The number of esters is 1. The van der Waals surface area contributed by atoms with Gasteiger partial charge in [-0.3, -0.25) is 14.4 Å². The van der Waals surface area contributed by atoms with Crippen LogP contribution in [0.4, 0.5) is 0 Å². The van der Waals surface area contributed by atoms with Crippen LogP contribution in [-0.2, 0) is 28.9 Å². The number of carbonyl (C=O) groups is 2. The Hall–Kier alpha value is -2.11. The van der Waals surface area contributed by atoms with Gasteiger partial charge < -0.3 is 14.6 Å². The van der Waals surface area contributed by atoms with Gasteiger partial charge in [-0.05, 0) is 56.1 Å². The topological polar surface area (TPSA) is 77.4 Å².